The Labute approximate surface area is 149 Å². The average Bonchev–Trinajstić information content (AvgIpc) is 3.03. The Bertz CT molecular complexity index is 999. The molecule has 3 rings (SSSR count). The number of aromatic amines is 1. The van der Waals surface area contributed by atoms with Crippen LogP contribution in [-0.2, 0) is 15.7 Å². The molecule has 2 heterocycles. The van der Waals surface area contributed by atoms with Gasteiger partial charge in [0, 0.05) is 6.20 Å². The van der Waals surface area contributed by atoms with Gasteiger partial charge in [0.25, 0.3) is 0 Å². The molecule has 1 aromatic carbocycles. The lowest BCUT2D eigenvalue weighted by atomic mass is 10.1. The minimum absolute atomic E-state index is 0.0114. The molecule has 0 saturated carbocycles. The van der Waals surface area contributed by atoms with Crippen molar-refractivity contribution in [3.8, 4) is 0 Å². The van der Waals surface area contributed by atoms with E-state index in [-0.39, 0.29) is 5.82 Å². The number of amides is 1. The molecule has 0 spiro atoms. The summed E-state index contributed by atoms with van der Waals surface area (Å²) in [6, 6.07) is 6.74. The number of H-pyrrole nitrogens is 1. The van der Waals surface area contributed by atoms with Crippen LogP contribution < -0.4 is 5.73 Å². The molecule has 0 aliphatic carbocycles. The van der Waals surface area contributed by atoms with Crippen LogP contribution in [0.1, 0.15) is 33.6 Å². The maximum Gasteiger partial charge on any atom is 0.434 e. The summed E-state index contributed by atoms with van der Waals surface area (Å²) < 4.78 is 44.3. The van der Waals surface area contributed by atoms with Crippen LogP contribution in [-0.4, -0.2) is 38.9 Å². The number of ether oxygens (including phenoxy) is 1. The Balaban J connectivity index is 2.16. The highest BCUT2D eigenvalue weighted by Gasteiger charge is 2.40. The van der Waals surface area contributed by atoms with Gasteiger partial charge in [-0.3, -0.25) is 4.79 Å². The fourth-order valence-corrected chi connectivity index (χ4v) is 2.50. The Morgan fingerprint density at radius 2 is 1.93 bits per heavy atom. The summed E-state index contributed by atoms with van der Waals surface area (Å²) in [7, 11) is 0.928. The molecule has 11 heteroatoms. The summed E-state index contributed by atoms with van der Waals surface area (Å²) in [5.74, 6) is -4.28. The number of nitrogens with zero attached hydrogens (tertiary/aromatic N) is 3. The first-order valence-electron chi connectivity index (χ1n) is 7.48. The maximum absolute atomic E-state index is 13.3. The summed E-state index contributed by atoms with van der Waals surface area (Å²) in [5.41, 5.74) is 4.00. The van der Waals surface area contributed by atoms with Gasteiger partial charge in [-0.05, 0) is 12.1 Å². The summed E-state index contributed by atoms with van der Waals surface area (Å²) in [6.07, 6.45) is -4.33. The van der Waals surface area contributed by atoms with Gasteiger partial charge in [0.15, 0.2) is 11.6 Å². The van der Waals surface area contributed by atoms with Crippen LogP contribution in [0.2, 0.25) is 0 Å². The van der Waals surface area contributed by atoms with E-state index in [0.717, 1.165) is 7.11 Å². The number of primary amides is 1. The van der Waals surface area contributed by atoms with Gasteiger partial charge < -0.3 is 15.5 Å². The van der Waals surface area contributed by atoms with Crippen molar-refractivity contribution in [3.63, 3.8) is 0 Å². The lowest BCUT2D eigenvalue weighted by Crippen LogP contribution is -2.27. The summed E-state index contributed by atoms with van der Waals surface area (Å²) in [6.45, 7) is 0. The normalized spacial score (nSPS) is 12.7. The van der Waals surface area contributed by atoms with Gasteiger partial charge in [-0.25, -0.2) is 19.7 Å². The third-order valence-electron chi connectivity index (χ3n) is 3.71. The molecule has 8 nitrogen and oxygen atoms in total. The highest BCUT2D eigenvalue weighted by molar-refractivity contribution is 5.90. The summed E-state index contributed by atoms with van der Waals surface area (Å²) >= 11 is 0. The minimum Gasteiger partial charge on any atom is -0.465 e. The molecule has 140 valence electrons. The van der Waals surface area contributed by atoms with Gasteiger partial charge in [0.1, 0.15) is 17.2 Å². The molecule has 0 aliphatic heterocycles. The zero-order chi connectivity index (χ0) is 19.8. The number of carbonyl (C=O) groups excluding carboxylic acids is 2. The Morgan fingerprint density at radius 3 is 2.52 bits per heavy atom. The maximum atomic E-state index is 13.3. The Hall–Kier alpha value is -3.50. The first kappa shape index (κ1) is 18.3. The molecule has 0 radical (unpaired) electrons. The van der Waals surface area contributed by atoms with Crippen LogP contribution in [0.4, 0.5) is 13.2 Å². The second-order valence-corrected chi connectivity index (χ2v) is 5.45. The van der Waals surface area contributed by atoms with Crippen molar-refractivity contribution < 1.29 is 27.5 Å². The number of halogens is 3. The number of nitrogens with one attached hydrogen (secondary N) is 1. The molecule has 3 aromatic rings. The third kappa shape index (κ3) is 3.43. The van der Waals surface area contributed by atoms with Gasteiger partial charge in [-0.2, -0.15) is 13.2 Å². The van der Waals surface area contributed by atoms with E-state index in [9.17, 15) is 22.8 Å². The number of carbonyl (C=O) groups is 2. The topological polar surface area (TPSA) is 124 Å². The predicted octanol–water partition coefficient (Wildman–Crippen LogP) is 1.78. The predicted molar refractivity (Wildman–Crippen MR) is 85.5 cm³/mol. The van der Waals surface area contributed by atoms with Crippen molar-refractivity contribution in [2.75, 3.05) is 7.11 Å². The number of imidazole rings is 1. The SMILES string of the molecule is COC(=O)c1cnc(C(C(N)=O)c2nc3ccccc3[nH]2)nc1C(F)(F)F. The number of hydrogen-bond donors (Lipinski definition) is 2. The number of esters is 1. The highest BCUT2D eigenvalue weighted by atomic mass is 19.4. The number of rotatable bonds is 4. The van der Waals surface area contributed by atoms with E-state index in [1.54, 1.807) is 24.3 Å². The van der Waals surface area contributed by atoms with E-state index in [0.29, 0.717) is 17.2 Å². The smallest absolute Gasteiger partial charge is 0.434 e. The van der Waals surface area contributed by atoms with Gasteiger partial charge in [-0.1, -0.05) is 12.1 Å². The van der Waals surface area contributed by atoms with Crippen LogP contribution in [0, 0.1) is 0 Å². The lowest BCUT2D eigenvalue weighted by molar-refractivity contribution is -0.142. The molecular weight excluding hydrogens is 367 g/mol. The number of benzene rings is 1. The summed E-state index contributed by atoms with van der Waals surface area (Å²) in [4.78, 5) is 37.6. The number of hydrogen-bond acceptors (Lipinski definition) is 6. The molecule has 1 atom stereocenters. The monoisotopic (exact) mass is 379 g/mol. The number of fused-ring (bicyclic) bond motifs is 1. The van der Waals surface area contributed by atoms with Crippen LogP contribution >= 0.6 is 0 Å². The second-order valence-electron chi connectivity index (χ2n) is 5.45. The summed E-state index contributed by atoms with van der Waals surface area (Å²) in [5, 5.41) is 0. The van der Waals surface area contributed by atoms with Crippen LogP contribution in [0.3, 0.4) is 0 Å². The molecular formula is C16H12F3N5O3. The molecule has 2 aromatic heterocycles. The average molecular weight is 379 g/mol. The van der Waals surface area contributed by atoms with E-state index >= 15 is 0 Å². The number of alkyl halides is 3. The minimum atomic E-state index is -4.97. The molecule has 27 heavy (non-hydrogen) atoms. The molecule has 3 N–H and O–H groups in total. The number of methoxy groups -OCH3 is 1. The van der Waals surface area contributed by atoms with Gasteiger partial charge >= 0.3 is 12.1 Å². The zero-order valence-electron chi connectivity index (χ0n) is 13.7. The second kappa shape index (κ2) is 6.67. The van der Waals surface area contributed by atoms with Crippen molar-refractivity contribution in [3.05, 3.63) is 53.4 Å². The first-order chi connectivity index (χ1) is 12.7. The Morgan fingerprint density at radius 1 is 1.22 bits per heavy atom. The molecule has 1 amide bonds. The molecule has 0 fully saturated rings. The van der Waals surface area contributed by atoms with Crippen molar-refractivity contribution in [1.29, 1.82) is 0 Å². The fraction of sp³-hybridized carbons (Fsp3) is 0.188. The molecule has 1 unspecified atom stereocenters. The van der Waals surface area contributed by atoms with Gasteiger partial charge in [-0.15, -0.1) is 0 Å². The largest absolute Gasteiger partial charge is 0.465 e. The van der Waals surface area contributed by atoms with Crippen LogP contribution in [0.15, 0.2) is 30.5 Å². The van der Waals surface area contributed by atoms with Crippen molar-refractivity contribution in [2.45, 2.75) is 12.1 Å². The number of para-hydroxylation sites is 2. The number of aromatic nitrogens is 4. The third-order valence-corrected chi connectivity index (χ3v) is 3.71. The van der Waals surface area contributed by atoms with Crippen LogP contribution in [0.25, 0.3) is 11.0 Å². The molecule has 0 bridgehead atoms. The Kier molecular flexibility index (Phi) is 4.52. The quantitative estimate of drug-likeness (QED) is 0.666. The lowest BCUT2D eigenvalue weighted by Gasteiger charge is -2.14. The van der Waals surface area contributed by atoms with E-state index in [1.807, 2.05) is 0 Å². The zero-order valence-corrected chi connectivity index (χ0v) is 13.7. The van der Waals surface area contributed by atoms with E-state index < -0.39 is 41.1 Å². The van der Waals surface area contributed by atoms with E-state index in [4.69, 9.17) is 5.73 Å². The highest BCUT2D eigenvalue weighted by Crippen LogP contribution is 2.32. The molecule has 0 aliphatic rings. The van der Waals surface area contributed by atoms with Crippen molar-refractivity contribution in [1.82, 2.24) is 19.9 Å². The van der Waals surface area contributed by atoms with Gasteiger partial charge in [0.05, 0.1) is 18.1 Å². The molecule has 0 saturated heterocycles. The van der Waals surface area contributed by atoms with E-state index in [2.05, 4.69) is 24.7 Å². The number of nitrogens with two attached hydrogens (primary N) is 1. The van der Waals surface area contributed by atoms with E-state index in [1.165, 1.54) is 0 Å². The van der Waals surface area contributed by atoms with Crippen molar-refractivity contribution >= 4 is 22.9 Å². The van der Waals surface area contributed by atoms with Gasteiger partial charge in [0.2, 0.25) is 5.91 Å². The standard InChI is InChI=1S/C16H12F3N5O3/c1-27-15(26)7-6-21-13(24-11(7)16(17,18)19)10(12(20)25)14-22-8-4-2-3-5-9(8)23-14/h2-6,10H,1H3,(H2,20,25)(H,22,23). The first-order valence-corrected chi connectivity index (χ1v) is 7.48. The van der Waals surface area contributed by atoms with Crippen LogP contribution in [0.5, 0.6) is 0 Å². The van der Waals surface area contributed by atoms with Crippen molar-refractivity contribution in [2.24, 2.45) is 5.73 Å². The fourth-order valence-electron chi connectivity index (χ4n) is 2.50.